The van der Waals surface area contributed by atoms with Gasteiger partial charge in [-0.25, -0.2) is 9.59 Å². The first kappa shape index (κ1) is 33.3. The van der Waals surface area contributed by atoms with Crippen LogP contribution in [0.3, 0.4) is 0 Å². The van der Waals surface area contributed by atoms with Crippen molar-refractivity contribution >= 4 is 23.9 Å². The van der Waals surface area contributed by atoms with Crippen LogP contribution in [0.4, 0.5) is 4.79 Å². The number of nitrogens with zero attached hydrogens (tertiary/aromatic N) is 1. The van der Waals surface area contributed by atoms with E-state index in [9.17, 15) is 19.2 Å². The molecule has 2 unspecified atom stereocenters. The molecule has 0 bridgehead atoms. The molecular formula is C32H45N3O6. The summed E-state index contributed by atoms with van der Waals surface area (Å²) in [6.45, 7) is 14.1. The molecule has 9 nitrogen and oxygen atoms in total. The molecule has 0 aliphatic heterocycles. The molecule has 224 valence electrons. The summed E-state index contributed by atoms with van der Waals surface area (Å²) in [6.07, 6.45) is 0.0455. The Morgan fingerprint density at radius 1 is 0.854 bits per heavy atom. The number of hydrogen-bond donors (Lipinski definition) is 2. The van der Waals surface area contributed by atoms with Gasteiger partial charge in [-0.05, 0) is 71.6 Å². The van der Waals surface area contributed by atoms with Crippen molar-refractivity contribution in [1.82, 2.24) is 15.5 Å². The average molecular weight is 568 g/mol. The number of ether oxygens (including phenoxy) is 2. The zero-order valence-corrected chi connectivity index (χ0v) is 25.6. The molecule has 0 radical (unpaired) electrons. The molecule has 2 rings (SSSR count). The number of carbonyl (C=O) groups excluding carboxylic acids is 4. The zero-order valence-electron chi connectivity index (χ0n) is 25.6. The molecule has 0 fully saturated rings. The number of amides is 3. The van der Waals surface area contributed by atoms with Crippen molar-refractivity contribution in [3.8, 4) is 0 Å². The van der Waals surface area contributed by atoms with Gasteiger partial charge < -0.3 is 25.0 Å². The fourth-order valence-electron chi connectivity index (χ4n) is 4.21. The van der Waals surface area contributed by atoms with Gasteiger partial charge in [0.25, 0.3) is 0 Å². The quantitative estimate of drug-likeness (QED) is 0.375. The second-order valence-corrected chi connectivity index (χ2v) is 12.0. The first-order chi connectivity index (χ1) is 19.1. The molecule has 0 saturated heterocycles. The predicted molar refractivity (Wildman–Crippen MR) is 158 cm³/mol. The van der Waals surface area contributed by atoms with E-state index in [0.29, 0.717) is 12.0 Å². The van der Waals surface area contributed by atoms with Crippen molar-refractivity contribution in [2.24, 2.45) is 0 Å². The third kappa shape index (κ3) is 11.3. The number of esters is 1. The molecule has 0 spiro atoms. The summed E-state index contributed by atoms with van der Waals surface area (Å²) >= 11 is 0. The molecule has 0 heterocycles. The van der Waals surface area contributed by atoms with Crippen LogP contribution >= 0.6 is 0 Å². The van der Waals surface area contributed by atoms with Gasteiger partial charge in [0.2, 0.25) is 11.8 Å². The van der Waals surface area contributed by atoms with Crippen molar-refractivity contribution in [3.05, 3.63) is 71.3 Å². The lowest BCUT2D eigenvalue weighted by atomic mass is 9.97. The number of nitrogens with one attached hydrogen (secondary N) is 2. The Kier molecular flexibility index (Phi) is 11.9. The van der Waals surface area contributed by atoms with Crippen molar-refractivity contribution in [2.45, 2.75) is 91.5 Å². The van der Waals surface area contributed by atoms with Gasteiger partial charge in [0.15, 0.2) is 0 Å². The van der Waals surface area contributed by atoms with Crippen LogP contribution in [0.1, 0.15) is 77.6 Å². The van der Waals surface area contributed by atoms with Gasteiger partial charge in [0.1, 0.15) is 29.8 Å². The molecule has 0 saturated carbocycles. The number of benzene rings is 2. The lowest BCUT2D eigenvalue weighted by molar-refractivity contribution is -0.159. The Hall–Kier alpha value is -3.88. The van der Waals surface area contributed by atoms with E-state index < -0.39 is 47.2 Å². The Morgan fingerprint density at radius 3 is 2.00 bits per heavy atom. The van der Waals surface area contributed by atoms with Gasteiger partial charge in [-0.2, -0.15) is 0 Å². The van der Waals surface area contributed by atoms with Crippen LogP contribution in [-0.2, 0) is 30.3 Å². The first-order valence-electron chi connectivity index (χ1n) is 14.0. The maximum atomic E-state index is 14.1. The van der Waals surface area contributed by atoms with Gasteiger partial charge in [0.05, 0.1) is 0 Å². The molecule has 2 N–H and O–H groups in total. The number of aryl methyl sites for hydroxylation is 1. The van der Waals surface area contributed by atoms with E-state index in [4.69, 9.17) is 9.47 Å². The summed E-state index contributed by atoms with van der Waals surface area (Å²) in [4.78, 5) is 54.6. The van der Waals surface area contributed by atoms with Gasteiger partial charge in [-0.15, -0.1) is 0 Å². The van der Waals surface area contributed by atoms with E-state index in [0.717, 1.165) is 11.1 Å². The first-order valence-corrected chi connectivity index (χ1v) is 14.0. The third-order valence-corrected chi connectivity index (χ3v) is 5.90. The van der Waals surface area contributed by atoms with E-state index in [1.165, 1.54) is 4.90 Å². The second kappa shape index (κ2) is 14.7. The third-order valence-electron chi connectivity index (χ3n) is 5.90. The Balaban J connectivity index is 2.43. The summed E-state index contributed by atoms with van der Waals surface area (Å²) in [7, 11) is 0. The second-order valence-electron chi connectivity index (χ2n) is 12.0. The van der Waals surface area contributed by atoms with Crippen LogP contribution in [0.15, 0.2) is 54.6 Å². The lowest BCUT2D eigenvalue weighted by Crippen LogP contribution is -2.52. The van der Waals surface area contributed by atoms with Crippen LogP contribution < -0.4 is 10.6 Å². The molecule has 2 aromatic rings. The standard InChI is InChI=1S/C32H45N3O6/c1-9-19-35(26(36)21-33-30(39)41-32(6,7)8)27(24-18-14-13-15-22(24)2)28(37)34-25(29(38)40-31(3,4)5)20-23-16-11-10-12-17-23/h10-18,25,27H,9,19-21H2,1-8H3,(H,33,39)(H,34,37). The normalized spacial score (nSPS) is 13.0. The summed E-state index contributed by atoms with van der Waals surface area (Å²) in [5.74, 6) is -1.55. The maximum Gasteiger partial charge on any atom is 0.408 e. The summed E-state index contributed by atoms with van der Waals surface area (Å²) in [6, 6.07) is 14.6. The van der Waals surface area contributed by atoms with Gasteiger partial charge in [0, 0.05) is 13.0 Å². The largest absolute Gasteiger partial charge is 0.458 e. The topological polar surface area (TPSA) is 114 Å². The SMILES string of the molecule is CCCN(C(=O)CNC(=O)OC(C)(C)C)C(C(=O)NC(Cc1ccccc1)C(=O)OC(C)(C)C)c1ccccc1C. The van der Waals surface area contributed by atoms with Gasteiger partial charge in [-0.3, -0.25) is 9.59 Å². The lowest BCUT2D eigenvalue weighted by Gasteiger charge is -2.33. The highest BCUT2D eigenvalue weighted by atomic mass is 16.6. The highest BCUT2D eigenvalue weighted by Gasteiger charge is 2.35. The molecule has 0 aliphatic carbocycles. The van der Waals surface area contributed by atoms with Crippen LogP contribution in [0.2, 0.25) is 0 Å². The van der Waals surface area contributed by atoms with Gasteiger partial charge in [-0.1, -0.05) is 61.5 Å². The summed E-state index contributed by atoms with van der Waals surface area (Å²) in [5, 5.41) is 5.38. The molecule has 2 atom stereocenters. The van der Waals surface area contributed by atoms with Crippen LogP contribution in [0.25, 0.3) is 0 Å². The highest BCUT2D eigenvalue weighted by molar-refractivity contribution is 5.93. The van der Waals surface area contributed by atoms with Crippen molar-refractivity contribution in [1.29, 1.82) is 0 Å². The molecular weight excluding hydrogens is 522 g/mol. The minimum atomic E-state index is -1.05. The smallest absolute Gasteiger partial charge is 0.408 e. The van der Waals surface area contributed by atoms with Crippen molar-refractivity contribution < 1.29 is 28.7 Å². The van der Waals surface area contributed by atoms with Crippen molar-refractivity contribution in [3.63, 3.8) is 0 Å². The Bertz CT molecular complexity index is 1180. The predicted octanol–water partition coefficient (Wildman–Crippen LogP) is 4.87. The van der Waals surface area contributed by atoms with E-state index in [-0.39, 0.29) is 19.5 Å². The fourth-order valence-corrected chi connectivity index (χ4v) is 4.21. The average Bonchev–Trinajstić information content (AvgIpc) is 2.86. The van der Waals surface area contributed by atoms with Crippen LogP contribution in [0, 0.1) is 6.92 Å². The molecule has 3 amide bonds. The molecule has 41 heavy (non-hydrogen) atoms. The van der Waals surface area contributed by atoms with Crippen LogP contribution in [-0.4, -0.2) is 59.1 Å². The monoisotopic (exact) mass is 567 g/mol. The van der Waals surface area contributed by atoms with E-state index in [2.05, 4.69) is 10.6 Å². The number of rotatable bonds is 11. The van der Waals surface area contributed by atoms with Crippen LogP contribution in [0.5, 0.6) is 0 Å². The minimum Gasteiger partial charge on any atom is -0.458 e. The molecule has 0 aromatic heterocycles. The maximum absolute atomic E-state index is 14.1. The zero-order chi connectivity index (χ0) is 30.8. The Morgan fingerprint density at radius 2 is 1.44 bits per heavy atom. The van der Waals surface area contributed by atoms with E-state index >= 15 is 0 Å². The molecule has 0 aliphatic rings. The molecule has 9 heteroatoms. The van der Waals surface area contributed by atoms with Crippen molar-refractivity contribution in [2.75, 3.05) is 13.1 Å². The minimum absolute atomic E-state index is 0.212. The van der Waals surface area contributed by atoms with Gasteiger partial charge >= 0.3 is 12.1 Å². The fraction of sp³-hybridized carbons (Fsp3) is 0.500. The number of hydrogen-bond acceptors (Lipinski definition) is 6. The summed E-state index contributed by atoms with van der Waals surface area (Å²) < 4.78 is 10.9. The number of alkyl carbamates (subject to hydrolysis) is 1. The highest BCUT2D eigenvalue weighted by Crippen LogP contribution is 2.26. The summed E-state index contributed by atoms with van der Waals surface area (Å²) in [5.41, 5.74) is 0.781. The van der Waals surface area contributed by atoms with E-state index in [1.54, 1.807) is 53.7 Å². The Labute approximate surface area is 244 Å². The number of carbonyl (C=O) groups is 4. The van der Waals surface area contributed by atoms with E-state index in [1.807, 2.05) is 56.3 Å². The molecule has 2 aromatic carbocycles.